The summed E-state index contributed by atoms with van der Waals surface area (Å²) in [6.07, 6.45) is 0. The van der Waals surface area contributed by atoms with Crippen LogP contribution in [0.3, 0.4) is 0 Å². The molecule has 4 nitrogen and oxygen atoms in total. The number of carbonyl (C=O) groups is 1. The number of nitrogens with zero attached hydrogens (tertiary/aromatic N) is 2. The highest BCUT2D eigenvalue weighted by Gasteiger charge is 2.22. The van der Waals surface area contributed by atoms with Gasteiger partial charge in [-0.25, -0.2) is 0 Å². The van der Waals surface area contributed by atoms with Crippen LogP contribution in [0, 0.1) is 17.2 Å². The molecule has 0 heterocycles. The molecule has 0 aromatic heterocycles. The molecule has 1 rings (SSSR count). The molecule has 0 aliphatic heterocycles. The van der Waals surface area contributed by atoms with E-state index in [-0.39, 0.29) is 6.61 Å². The Labute approximate surface area is 107 Å². The average Bonchev–Trinajstić information content (AvgIpc) is 2.39. The highest BCUT2D eigenvalue weighted by Crippen LogP contribution is 2.06. The van der Waals surface area contributed by atoms with Crippen LogP contribution in [0.25, 0.3) is 0 Å². The predicted molar refractivity (Wildman–Crippen MR) is 69.0 cm³/mol. The molecule has 0 saturated carbocycles. The fourth-order valence-corrected chi connectivity index (χ4v) is 1.43. The minimum absolute atomic E-state index is 0.267. The molecule has 0 saturated heterocycles. The van der Waals surface area contributed by atoms with E-state index < -0.39 is 11.9 Å². The van der Waals surface area contributed by atoms with Gasteiger partial charge in [0.1, 0.15) is 0 Å². The average molecular weight is 244 g/mol. The Morgan fingerprint density at radius 3 is 2.67 bits per heavy atom. The van der Waals surface area contributed by atoms with E-state index in [0.717, 1.165) is 5.56 Å². The molecule has 0 bridgehead atoms. The summed E-state index contributed by atoms with van der Waals surface area (Å²) in [6, 6.07) is 11.6. The van der Waals surface area contributed by atoms with Crippen molar-refractivity contribution < 1.29 is 9.53 Å². The van der Waals surface area contributed by atoms with E-state index in [1.807, 2.05) is 36.4 Å². The Balaban J connectivity index is 2.70. The van der Waals surface area contributed by atoms with E-state index >= 15 is 0 Å². The first-order chi connectivity index (χ1) is 8.69. The summed E-state index contributed by atoms with van der Waals surface area (Å²) in [6.45, 7) is 4.11. The summed E-state index contributed by atoms with van der Waals surface area (Å²) >= 11 is 0. The molecule has 94 valence electrons. The molecule has 0 spiro atoms. The van der Waals surface area contributed by atoms with Gasteiger partial charge < -0.3 is 4.74 Å². The molecular formula is C14H16N2O2. The maximum absolute atomic E-state index is 11.5. The van der Waals surface area contributed by atoms with E-state index in [0.29, 0.717) is 12.3 Å². The molecule has 0 aliphatic carbocycles. The van der Waals surface area contributed by atoms with Crippen LogP contribution in [-0.4, -0.2) is 18.3 Å². The van der Waals surface area contributed by atoms with Crippen molar-refractivity contribution in [2.75, 3.05) is 6.61 Å². The quantitative estimate of drug-likeness (QED) is 0.590. The molecule has 1 unspecified atom stereocenters. The van der Waals surface area contributed by atoms with Crippen LogP contribution >= 0.6 is 0 Å². The van der Waals surface area contributed by atoms with Gasteiger partial charge in [-0.05, 0) is 19.4 Å². The van der Waals surface area contributed by atoms with Crippen LogP contribution < -0.4 is 0 Å². The number of esters is 1. The van der Waals surface area contributed by atoms with Gasteiger partial charge in [0, 0.05) is 5.71 Å². The first kappa shape index (κ1) is 13.9. The number of rotatable bonds is 5. The minimum atomic E-state index is -0.909. The first-order valence-electron chi connectivity index (χ1n) is 5.80. The second-order valence-electron chi connectivity index (χ2n) is 3.76. The van der Waals surface area contributed by atoms with E-state index in [1.165, 1.54) is 0 Å². The van der Waals surface area contributed by atoms with Crippen LogP contribution in [0.1, 0.15) is 19.4 Å². The molecule has 0 fully saturated rings. The highest BCUT2D eigenvalue weighted by molar-refractivity contribution is 6.03. The Morgan fingerprint density at radius 1 is 1.44 bits per heavy atom. The van der Waals surface area contributed by atoms with Gasteiger partial charge in [-0.2, -0.15) is 5.26 Å². The van der Waals surface area contributed by atoms with Gasteiger partial charge in [0.05, 0.1) is 19.2 Å². The van der Waals surface area contributed by atoms with Crippen molar-refractivity contribution in [2.24, 2.45) is 10.9 Å². The molecule has 4 heteroatoms. The Morgan fingerprint density at radius 2 is 2.11 bits per heavy atom. The van der Waals surface area contributed by atoms with Gasteiger partial charge in [0.15, 0.2) is 5.92 Å². The third kappa shape index (κ3) is 4.02. The topological polar surface area (TPSA) is 62.5 Å². The van der Waals surface area contributed by atoms with Gasteiger partial charge in [-0.1, -0.05) is 30.3 Å². The van der Waals surface area contributed by atoms with Crippen LogP contribution in [0.15, 0.2) is 35.3 Å². The minimum Gasteiger partial charge on any atom is -0.465 e. The van der Waals surface area contributed by atoms with Crippen molar-refractivity contribution in [1.29, 1.82) is 5.26 Å². The summed E-state index contributed by atoms with van der Waals surface area (Å²) in [4.78, 5) is 15.8. The van der Waals surface area contributed by atoms with Crippen LogP contribution in [0.5, 0.6) is 0 Å². The second-order valence-corrected chi connectivity index (χ2v) is 3.76. The zero-order valence-electron chi connectivity index (χ0n) is 10.6. The molecular weight excluding hydrogens is 228 g/mol. The lowest BCUT2D eigenvalue weighted by Crippen LogP contribution is -2.23. The van der Waals surface area contributed by atoms with Crippen molar-refractivity contribution in [3.8, 4) is 6.07 Å². The normalized spacial score (nSPS) is 12.6. The SMILES string of the molecule is CCOC(=O)C(C#N)C(C)=NCc1ccccc1. The number of nitriles is 1. The van der Waals surface area contributed by atoms with Gasteiger partial charge >= 0.3 is 5.97 Å². The summed E-state index contributed by atoms with van der Waals surface area (Å²) in [7, 11) is 0. The number of ether oxygens (including phenoxy) is 1. The maximum atomic E-state index is 11.5. The third-order valence-corrected chi connectivity index (χ3v) is 2.42. The fraction of sp³-hybridized carbons (Fsp3) is 0.357. The van der Waals surface area contributed by atoms with E-state index in [4.69, 9.17) is 10.00 Å². The van der Waals surface area contributed by atoms with Gasteiger partial charge in [0.25, 0.3) is 0 Å². The van der Waals surface area contributed by atoms with Gasteiger partial charge in [-0.3, -0.25) is 9.79 Å². The van der Waals surface area contributed by atoms with E-state index in [2.05, 4.69) is 4.99 Å². The summed E-state index contributed by atoms with van der Waals surface area (Å²) in [5.74, 6) is -1.44. The van der Waals surface area contributed by atoms with Crippen molar-refractivity contribution in [2.45, 2.75) is 20.4 Å². The molecule has 0 amide bonds. The van der Waals surface area contributed by atoms with Crippen molar-refractivity contribution in [3.05, 3.63) is 35.9 Å². The molecule has 0 aliphatic rings. The van der Waals surface area contributed by atoms with Gasteiger partial charge in [0.2, 0.25) is 0 Å². The predicted octanol–water partition coefficient (Wildman–Crippen LogP) is 2.35. The molecule has 0 radical (unpaired) electrons. The molecule has 0 N–H and O–H groups in total. The Kier molecular flexibility index (Phi) is 5.59. The monoisotopic (exact) mass is 244 g/mol. The lowest BCUT2D eigenvalue weighted by Gasteiger charge is -2.08. The third-order valence-electron chi connectivity index (χ3n) is 2.42. The zero-order valence-corrected chi connectivity index (χ0v) is 10.6. The van der Waals surface area contributed by atoms with Crippen LogP contribution in [0.2, 0.25) is 0 Å². The van der Waals surface area contributed by atoms with E-state index in [1.54, 1.807) is 13.8 Å². The smallest absolute Gasteiger partial charge is 0.329 e. The van der Waals surface area contributed by atoms with Crippen molar-refractivity contribution in [1.82, 2.24) is 0 Å². The Hall–Kier alpha value is -2.15. The van der Waals surface area contributed by atoms with Crippen molar-refractivity contribution in [3.63, 3.8) is 0 Å². The largest absolute Gasteiger partial charge is 0.465 e. The zero-order chi connectivity index (χ0) is 13.4. The molecule has 1 aromatic rings. The van der Waals surface area contributed by atoms with Crippen LogP contribution in [0.4, 0.5) is 0 Å². The summed E-state index contributed by atoms with van der Waals surface area (Å²) in [5.41, 5.74) is 1.53. The molecule has 1 atom stereocenters. The number of benzene rings is 1. The summed E-state index contributed by atoms with van der Waals surface area (Å²) < 4.78 is 4.83. The Bertz CT molecular complexity index is 460. The lowest BCUT2D eigenvalue weighted by atomic mass is 10.1. The number of aliphatic imine (C=N–C) groups is 1. The van der Waals surface area contributed by atoms with Gasteiger partial charge in [-0.15, -0.1) is 0 Å². The second kappa shape index (κ2) is 7.23. The lowest BCUT2D eigenvalue weighted by molar-refractivity contribution is -0.143. The number of carbonyl (C=O) groups excluding carboxylic acids is 1. The number of hydrogen-bond acceptors (Lipinski definition) is 4. The fourth-order valence-electron chi connectivity index (χ4n) is 1.43. The van der Waals surface area contributed by atoms with Crippen LogP contribution in [-0.2, 0) is 16.1 Å². The summed E-state index contributed by atoms with van der Waals surface area (Å²) in [5, 5.41) is 8.96. The standard InChI is InChI=1S/C14H16N2O2/c1-3-18-14(17)13(9-15)11(2)16-10-12-7-5-4-6-8-12/h4-8,13H,3,10H2,1-2H3. The van der Waals surface area contributed by atoms with Crippen molar-refractivity contribution >= 4 is 11.7 Å². The number of hydrogen-bond donors (Lipinski definition) is 0. The van der Waals surface area contributed by atoms with E-state index in [9.17, 15) is 4.79 Å². The molecule has 1 aromatic carbocycles. The highest BCUT2D eigenvalue weighted by atomic mass is 16.5. The maximum Gasteiger partial charge on any atom is 0.329 e. The first-order valence-corrected chi connectivity index (χ1v) is 5.80. The molecule has 18 heavy (non-hydrogen) atoms.